The Morgan fingerprint density at radius 2 is 1.85 bits per heavy atom. The van der Waals surface area contributed by atoms with E-state index in [0.717, 1.165) is 34.8 Å². The van der Waals surface area contributed by atoms with Gasteiger partial charge in [-0.05, 0) is 42.2 Å². The van der Waals surface area contributed by atoms with Gasteiger partial charge in [0.15, 0.2) is 0 Å². The van der Waals surface area contributed by atoms with Crippen LogP contribution >= 0.6 is 0 Å². The summed E-state index contributed by atoms with van der Waals surface area (Å²) < 4.78 is 17.7. The number of hydrogen-bond donors (Lipinski definition) is 0. The molecule has 0 fully saturated rings. The van der Waals surface area contributed by atoms with Gasteiger partial charge in [-0.3, -0.25) is 0 Å². The number of hydrogen-bond acceptors (Lipinski definition) is 3. The SMILES string of the molecule is COc1ccc([C@H]2COc3cc(C)ccc3C2)c(OCc2ccccc2)c1. The Balaban J connectivity index is 1.59. The molecular weight excluding hydrogens is 336 g/mol. The standard InChI is InChI=1S/C24H24O3/c1-17-8-9-19-13-20(16-27-23(19)12-17)22-11-10-21(25-2)14-24(22)26-15-18-6-4-3-5-7-18/h3-12,14,20H,13,15-16H2,1-2H3/t20-/m1/s1. The summed E-state index contributed by atoms with van der Waals surface area (Å²) in [7, 11) is 1.68. The molecule has 3 nitrogen and oxygen atoms in total. The molecule has 0 N–H and O–H groups in total. The van der Waals surface area contributed by atoms with Crippen LogP contribution in [0.1, 0.15) is 28.2 Å². The zero-order valence-corrected chi connectivity index (χ0v) is 15.8. The lowest BCUT2D eigenvalue weighted by molar-refractivity contribution is 0.252. The molecule has 0 aliphatic carbocycles. The van der Waals surface area contributed by atoms with Crippen molar-refractivity contribution in [2.24, 2.45) is 0 Å². The fraction of sp³-hybridized carbons (Fsp3) is 0.250. The van der Waals surface area contributed by atoms with E-state index in [1.165, 1.54) is 11.1 Å². The molecule has 0 spiro atoms. The van der Waals surface area contributed by atoms with Crippen molar-refractivity contribution in [2.45, 2.75) is 25.9 Å². The molecule has 0 radical (unpaired) electrons. The van der Waals surface area contributed by atoms with Gasteiger partial charge < -0.3 is 14.2 Å². The van der Waals surface area contributed by atoms with Gasteiger partial charge in [-0.15, -0.1) is 0 Å². The van der Waals surface area contributed by atoms with Crippen LogP contribution in [0.5, 0.6) is 17.2 Å². The maximum atomic E-state index is 6.19. The summed E-state index contributed by atoms with van der Waals surface area (Å²) in [6, 6.07) is 22.7. The largest absolute Gasteiger partial charge is 0.497 e. The van der Waals surface area contributed by atoms with Gasteiger partial charge in [-0.2, -0.15) is 0 Å². The Morgan fingerprint density at radius 1 is 1.00 bits per heavy atom. The fourth-order valence-electron chi connectivity index (χ4n) is 3.52. The molecule has 1 atom stereocenters. The third kappa shape index (κ3) is 3.92. The molecule has 0 bridgehead atoms. The van der Waals surface area contributed by atoms with Crippen molar-refractivity contribution in [1.82, 2.24) is 0 Å². The number of fused-ring (bicyclic) bond motifs is 1. The van der Waals surface area contributed by atoms with Crippen LogP contribution in [0.3, 0.4) is 0 Å². The zero-order valence-electron chi connectivity index (χ0n) is 15.8. The van der Waals surface area contributed by atoms with Crippen LogP contribution in [-0.4, -0.2) is 13.7 Å². The van der Waals surface area contributed by atoms with Gasteiger partial charge in [-0.1, -0.05) is 48.5 Å². The minimum absolute atomic E-state index is 0.261. The Labute approximate surface area is 160 Å². The third-order valence-corrected chi connectivity index (χ3v) is 5.03. The molecule has 1 heterocycles. The molecule has 3 aromatic carbocycles. The van der Waals surface area contributed by atoms with E-state index < -0.39 is 0 Å². The van der Waals surface area contributed by atoms with Crippen molar-refractivity contribution in [2.75, 3.05) is 13.7 Å². The maximum absolute atomic E-state index is 6.19. The van der Waals surface area contributed by atoms with Crippen LogP contribution in [-0.2, 0) is 13.0 Å². The second-order valence-corrected chi connectivity index (χ2v) is 7.00. The van der Waals surface area contributed by atoms with Crippen LogP contribution in [0.4, 0.5) is 0 Å². The van der Waals surface area contributed by atoms with Crippen molar-refractivity contribution < 1.29 is 14.2 Å². The number of methoxy groups -OCH3 is 1. The predicted molar refractivity (Wildman–Crippen MR) is 107 cm³/mol. The molecule has 0 amide bonds. The topological polar surface area (TPSA) is 27.7 Å². The molecular formula is C24H24O3. The Bertz CT molecular complexity index is 918. The van der Waals surface area contributed by atoms with E-state index in [4.69, 9.17) is 14.2 Å². The Morgan fingerprint density at radius 3 is 2.67 bits per heavy atom. The van der Waals surface area contributed by atoms with Crippen molar-refractivity contribution in [3.63, 3.8) is 0 Å². The van der Waals surface area contributed by atoms with Crippen LogP contribution in [0, 0.1) is 6.92 Å². The zero-order chi connectivity index (χ0) is 18.6. The average molecular weight is 360 g/mol. The lowest BCUT2D eigenvalue weighted by Crippen LogP contribution is -2.20. The van der Waals surface area contributed by atoms with Crippen LogP contribution in [0.2, 0.25) is 0 Å². The van der Waals surface area contributed by atoms with Gasteiger partial charge >= 0.3 is 0 Å². The van der Waals surface area contributed by atoms with Gasteiger partial charge in [0.25, 0.3) is 0 Å². The second kappa shape index (κ2) is 7.75. The summed E-state index contributed by atoms with van der Waals surface area (Å²) in [6.07, 6.45) is 0.948. The highest BCUT2D eigenvalue weighted by Gasteiger charge is 2.24. The van der Waals surface area contributed by atoms with Crippen molar-refractivity contribution in [1.29, 1.82) is 0 Å². The Hall–Kier alpha value is -2.94. The number of ether oxygens (including phenoxy) is 3. The molecule has 3 aromatic rings. The number of benzene rings is 3. The maximum Gasteiger partial charge on any atom is 0.127 e. The highest BCUT2D eigenvalue weighted by molar-refractivity contribution is 5.46. The highest BCUT2D eigenvalue weighted by atomic mass is 16.5. The van der Waals surface area contributed by atoms with Gasteiger partial charge in [0.05, 0.1) is 13.7 Å². The van der Waals surface area contributed by atoms with Crippen LogP contribution in [0.15, 0.2) is 66.7 Å². The molecule has 0 aromatic heterocycles. The highest BCUT2D eigenvalue weighted by Crippen LogP contribution is 2.38. The van der Waals surface area contributed by atoms with E-state index in [1.54, 1.807) is 7.11 Å². The summed E-state index contributed by atoms with van der Waals surface area (Å²) >= 11 is 0. The molecule has 0 saturated carbocycles. The summed E-state index contributed by atoms with van der Waals surface area (Å²) in [5.74, 6) is 2.93. The summed E-state index contributed by atoms with van der Waals surface area (Å²) in [5, 5.41) is 0. The number of rotatable bonds is 5. The third-order valence-electron chi connectivity index (χ3n) is 5.03. The lowest BCUT2D eigenvalue weighted by Gasteiger charge is -2.27. The van der Waals surface area contributed by atoms with E-state index in [-0.39, 0.29) is 5.92 Å². The quantitative estimate of drug-likeness (QED) is 0.618. The first-order valence-corrected chi connectivity index (χ1v) is 9.30. The van der Waals surface area contributed by atoms with Crippen molar-refractivity contribution in [3.05, 3.63) is 89.0 Å². The molecule has 1 aliphatic heterocycles. The van der Waals surface area contributed by atoms with Gasteiger partial charge in [0, 0.05) is 17.5 Å². The summed E-state index contributed by atoms with van der Waals surface area (Å²) in [5.41, 5.74) is 4.79. The first-order chi connectivity index (χ1) is 13.2. The molecule has 0 saturated heterocycles. The van der Waals surface area contributed by atoms with E-state index in [9.17, 15) is 0 Å². The monoisotopic (exact) mass is 360 g/mol. The molecule has 4 rings (SSSR count). The normalized spacial score (nSPS) is 15.6. The average Bonchev–Trinajstić information content (AvgIpc) is 2.72. The van der Waals surface area contributed by atoms with Crippen molar-refractivity contribution >= 4 is 0 Å². The molecule has 138 valence electrons. The van der Waals surface area contributed by atoms with Gasteiger partial charge in [0.2, 0.25) is 0 Å². The minimum atomic E-state index is 0.261. The Kier molecular flexibility index (Phi) is 5.01. The fourth-order valence-corrected chi connectivity index (χ4v) is 3.52. The van der Waals surface area contributed by atoms with E-state index >= 15 is 0 Å². The molecule has 3 heteroatoms. The van der Waals surface area contributed by atoms with Crippen LogP contribution in [0.25, 0.3) is 0 Å². The summed E-state index contributed by atoms with van der Waals surface area (Å²) in [4.78, 5) is 0. The van der Waals surface area contributed by atoms with E-state index in [2.05, 4.69) is 43.3 Å². The first kappa shape index (κ1) is 17.5. The lowest BCUT2D eigenvalue weighted by atomic mass is 9.89. The van der Waals surface area contributed by atoms with E-state index in [1.807, 2.05) is 30.3 Å². The first-order valence-electron chi connectivity index (χ1n) is 9.30. The smallest absolute Gasteiger partial charge is 0.127 e. The second-order valence-electron chi connectivity index (χ2n) is 7.00. The molecule has 27 heavy (non-hydrogen) atoms. The van der Waals surface area contributed by atoms with Crippen LogP contribution < -0.4 is 14.2 Å². The molecule has 0 unspecified atom stereocenters. The number of aryl methyl sites for hydroxylation is 1. The minimum Gasteiger partial charge on any atom is -0.497 e. The van der Waals surface area contributed by atoms with Gasteiger partial charge in [-0.25, -0.2) is 0 Å². The molecule has 1 aliphatic rings. The summed E-state index contributed by atoms with van der Waals surface area (Å²) in [6.45, 7) is 3.28. The van der Waals surface area contributed by atoms with Crippen molar-refractivity contribution in [3.8, 4) is 17.2 Å². The van der Waals surface area contributed by atoms with E-state index in [0.29, 0.717) is 13.2 Å². The van der Waals surface area contributed by atoms with Gasteiger partial charge in [0.1, 0.15) is 23.9 Å². The predicted octanol–water partition coefficient (Wildman–Crippen LogP) is 5.30.